The summed E-state index contributed by atoms with van der Waals surface area (Å²) in [7, 11) is 0. The van der Waals surface area contributed by atoms with Crippen LogP contribution in [0.1, 0.15) is 18.0 Å². The van der Waals surface area contributed by atoms with Crippen molar-refractivity contribution in [2.75, 3.05) is 6.54 Å². The SMILES string of the molecule is FC(F)(F)Oc1cc(Br)cc([C@@H]2CCN2)c1. The van der Waals surface area contributed by atoms with Gasteiger partial charge in [0, 0.05) is 10.5 Å². The molecule has 1 aromatic rings. The molecule has 1 aromatic carbocycles. The predicted molar refractivity (Wildman–Crippen MR) is 56.2 cm³/mol. The first-order chi connectivity index (χ1) is 7.44. The Bertz CT molecular complexity index is 390. The lowest BCUT2D eigenvalue weighted by Gasteiger charge is -2.28. The van der Waals surface area contributed by atoms with Gasteiger partial charge in [-0.15, -0.1) is 13.2 Å². The van der Waals surface area contributed by atoms with E-state index in [9.17, 15) is 13.2 Å². The summed E-state index contributed by atoms with van der Waals surface area (Å²) >= 11 is 3.17. The fourth-order valence-corrected chi connectivity index (χ4v) is 2.04. The average Bonchev–Trinajstić information content (AvgIpc) is 1.94. The maximum Gasteiger partial charge on any atom is 0.573 e. The van der Waals surface area contributed by atoms with E-state index in [-0.39, 0.29) is 11.8 Å². The molecule has 0 aromatic heterocycles. The van der Waals surface area contributed by atoms with Crippen LogP contribution in [0.25, 0.3) is 0 Å². The molecule has 0 amide bonds. The van der Waals surface area contributed by atoms with Gasteiger partial charge in [-0.25, -0.2) is 0 Å². The highest BCUT2D eigenvalue weighted by Gasteiger charge is 2.31. The standard InChI is InChI=1S/C10H9BrF3NO/c11-7-3-6(9-1-2-15-9)4-8(5-7)16-10(12,13)14/h3-5,9,15H,1-2H2/t9-/m0/s1. The van der Waals surface area contributed by atoms with Gasteiger partial charge in [-0.1, -0.05) is 15.9 Å². The van der Waals surface area contributed by atoms with Gasteiger partial charge in [0.1, 0.15) is 5.75 Å². The monoisotopic (exact) mass is 295 g/mol. The number of hydrogen-bond donors (Lipinski definition) is 1. The van der Waals surface area contributed by atoms with E-state index in [2.05, 4.69) is 26.0 Å². The molecule has 88 valence electrons. The van der Waals surface area contributed by atoms with Crippen LogP contribution in [0.5, 0.6) is 5.75 Å². The van der Waals surface area contributed by atoms with Gasteiger partial charge in [0.25, 0.3) is 0 Å². The summed E-state index contributed by atoms with van der Waals surface area (Å²) in [5, 5.41) is 3.12. The lowest BCUT2D eigenvalue weighted by atomic mass is 9.98. The normalized spacial score (nSPS) is 20.4. The van der Waals surface area contributed by atoms with Crippen LogP contribution in [0.2, 0.25) is 0 Å². The molecule has 1 heterocycles. The molecule has 1 saturated heterocycles. The van der Waals surface area contributed by atoms with Crippen molar-refractivity contribution in [3.63, 3.8) is 0 Å². The largest absolute Gasteiger partial charge is 0.573 e. The van der Waals surface area contributed by atoms with Crippen molar-refractivity contribution in [1.82, 2.24) is 5.32 Å². The number of hydrogen-bond acceptors (Lipinski definition) is 2. The molecular weight excluding hydrogens is 287 g/mol. The summed E-state index contributed by atoms with van der Waals surface area (Å²) in [5.74, 6) is -0.189. The third-order valence-corrected chi connectivity index (χ3v) is 2.81. The first-order valence-corrected chi connectivity index (χ1v) is 5.53. The summed E-state index contributed by atoms with van der Waals surface area (Å²) in [5.41, 5.74) is 0.805. The lowest BCUT2D eigenvalue weighted by Crippen LogP contribution is -2.34. The number of rotatable bonds is 2. The lowest BCUT2D eigenvalue weighted by molar-refractivity contribution is -0.274. The molecule has 0 radical (unpaired) electrons. The van der Waals surface area contributed by atoms with Crippen molar-refractivity contribution in [3.8, 4) is 5.75 Å². The molecule has 1 fully saturated rings. The average molecular weight is 296 g/mol. The Morgan fingerprint density at radius 3 is 2.50 bits per heavy atom. The first-order valence-electron chi connectivity index (χ1n) is 4.74. The Balaban J connectivity index is 2.21. The van der Waals surface area contributed by atoms with Crippen LogP contribution in [-0.4, -0.2) is 12.9 Å². The van der Waals surface area contributed by atoms with Crippen LogP contribution >= 0.6 is 15.9 Å². The summed E-state index contributed by atoms with van der Waals surface area (Å²) in [6.07, 6.45) is -3.72. The molecule has 1 aliphatic rings. The van der Waals surface area contributed by atoms with Gasteiger partial charge in [0.2, 0.25) is 0 Å². The molecule has 0 unspecified atom stereocenters. The molecule has 0 saturated carbocycles. The van der Waals surface area contributed by atoms with Crippen molar-refractivity contribution in [1.29, 1.82) is 0 Å². The fourth-order valence-electron chi connectivity index (χ4n) is 1.55. The third kappa shape index (κ3) is 2.89. The van der Waals surface area contributed by atoms with Crippen LogP contribution in [0.15, 0.2) is 22.7 Å². The van der Waals surface area contributed by atoms with Gasteiger partial charge >= 0.3 is 6.36 Å². The molecule has 0 aliphatic carbocycles. The van der Waals surface area contributed by atoms with Gasteiger partial charge in [0.05, 0.1) is 0 Å². The van der Waals surface area contributed by atoms with Crippen molar-refractivity contribution in [2.24, 2.45) is 0 Å². The van der Waals surface area contributed by atoms with E-state index >= 15 is 0 Å². The third-order valence-electron chi connectivity index (χ3n) is 2.35. The van der Waals surface area contributed by atoms with Crippen molar-refractivity contribution in [2.45, 2.75) is 18.8 Å². The zero-order valence-electron chi connectivity index (χ0n) is 8.14. The van der Waals surface area contributed by atoms with E-state index in [1.807, 2.05) is 0 Å². The highest BCUT2D eigenvalue weighted by atomic mass is 79.9. The van der Waals surface area contributed by atoms with Gasteiger partial charge < -0.3 is 10.1 Å². The molecule has 1 aliphatic heterocycles. The van der Waals surface area contributed by atoms with E-state index in [0.29, 0.717) is 4.47 Å². The second kappa shape index (κ2) is 4.25. The minimum absolute atomic E-state index is 0.132. The van der Waals surface area contributed by atoms with E-state index < -0.39 is 6.36 Å². The Morgan fingerprint density at radius 2 is 2.00 bits per heavy atom. The number of benzene rings is 1. The molecule has 0 spiro atoms. The molecular formula is C10H9BrF3NO. The second-order valence-corrected chi connectivity index (χ2v) is 4.48. The second-order valence-electron chi connectivity index (χ2n) is 3.56. The molecule has 1 N–H and O–H groups in total. The Morgan fingerprint density at radius 1 is 1.31 bits per heavy atom. The summed E-state index contributed by atoms with van der Waals surface area (Å²) in [6.45, 7) is 0.895. The smallest absolute Gasteiger partial charge is 0.406 e. The van der Waals surface area contributed by atoms with E-state index in [0.717, 1.165) is 18.5 Å². The van der Waals surface area contributed by atoms with Gasteiger partial charge in [0.15, 0.2) is 0 Å². The highest BCUT2D eigenvalue weighted by molar-refractivity contribution is 9.10. The Hall–Kier alpha value is -0.750. The maximum absolute atomic E-state index is 12.0. The highest BCUT2D eigenvalue weighted by Crippen LogP contribution is 2.32. The van der Waals surface area contributed by atoms with Gasteiger partial charge in [-0.2, -0.15) is 0 Å². The molecule has 2 nitrogen and oxygen atoms in total. The minimum atomic E-state index is -4.65. The van der Waals surface area contributed by atoms with Crippen molar-refractivity contribution < 1.29 is 17.9 Å². The van der Waals surface area contributed by atoms with Gasteiger partial charge in [-0.3, -0.25) is 0 Å². The molecule has 1 atom stereocenters. The topological polar surface area (TPSA) is 21.3 Å². The fraction of sp³-hybridized carbons (Fsp3) is 0.400. The minimum Gasteiger partial charge on any atom is -0.406 e. The Kier molecular flexibility index (Phi) is 3.12. The zero-order chi connectivity index (χ0) is 11.8. The number of nitrogens with one attached hydrogen (secondary N) is 1. The van der Waals surface area contributed by atoms with Crippen LogP contribution in [0.3, 0.4) is 0 Å². The summed E-state index contributed by atoms with van der Waals surface area (Å²) in [6, 6.07) is 4.64. The Labute approximate surface area is 98.9 Å². The van der Waals surface area contributed by atoms with Gasteiger partial charge in [-0.05, 0) is 36.7 Å². The van der Waals surface area contributed by atoms with E-state index in [1.54, 1.807) is 6.07 Å². The molecule has 2 rings (SSSR count). The van der Waals surface area contributed by atoms with Crippen molar-refractivity contribution in [3.05, 3.63) is 28.2 Å². The maximum atomic E-state index is 12.0. The van der Waals surface area contributed by atoms with Crippen LogP contribution in [-0.2, 0) is 0 Å². The van der Waals surface area contributed by atoms with Crippen LogP contribution in [0.4, 0.5) is 13.2 Å². The van der Waals surface area contributed by atoms with E-state index in [1.165, 1.54) is 12.1 Å². The predicted octanol–water partition coefficient (Wildman–Crippen LogP) is 3.38. The zero-order valence-corrected chi connectivity index (χ0v) is 9.73. The first kappa shape index (κ1) is 11.7. The van der Waals surface area contributed by atoms with Crippen LogP contribution < -0.4 is 10.1 Å². The number of ether oxygens (including phenoxy) is 1. The quantitative estimate of drug-likeness (QED) is 0.903. The van der Waals surface area contributed by atoms with Crippen molar-refractivity contribution >= 4 is 15.9 Å². The summed E-state index contributed by atoms with van der Waals surface area (Å²) < 4.78 is 40.6. The molecule has 6 heteroatoms. The number of alkyl halides is 3. The summed E-state index contributed by atoms with van der Waals surface area (Å²) in [4.78, 5) is 0. The van der Waals surface area contributed by atoms with Crippen LogP contribution in [0, 0.1) is 0 Å². The van der Waals surface area contributed by atoms with E-state index in [4.69, 9.17) is 0 Å². The molecule has 0 bridgehead atoms. The number of halogens is 4. The molecule has 16 heavy (non-hydrogen) atoms.